The number of fused-ring (bicyclic) bond motifs is 3. The number of terminal acetylenes is 1. The summed E-state index contributed by atoms with van der Waals surface area (Å²) in [6, 6.07) is 10.1. The molecule has 3 fully saturated rings. The Morgan fingerprint density at radius 2 is 1.92 bits per heavy atom. The lowest BCUT2D eigenvalue weighted by Crippen LogP contribution is -2.55. The van der Waals surface area contributed by atoms with Gasteiger partial charge in [0.2, 0.25) is 0 Å². The molecule has 9 nitrogen and oxygen atoms in total. The molecule has 0 radical (unpaired) electrons. The summed E-state index contributed by atoms with van der Waals surface area (Å²) in [7, 11) is 0. The van der Waals surface area contributed by atoms with E-state index >= 15 is 8.78 Å². The lowest BCUT2D eigenvalue weighted by Gasteiger charge is -2.41. The highest BCUT2D eigenvalue weighted by Gasteiger charge is 2.45. The van der Waals surface area contributed by atoms with E-state index in [1.165, 1.54) is 17.0 Å². The third-order valence-corrected chi connectivity index (χ3v) is 10.1. The number of nitriles is 1. The van der Waals surface area contributed by atoms with Crippen molar-refractivity contribution in [2.24, 2.45) is 0 Å². The predicted molar refractivity (Wildman–Crippen MR) is 178 cm³/mol. The van der Waals surface area contributed by atoms with E-state index in [1.54, 1.807) is 23.1 Å². The van der Waals surface area contributed by atoms with Gasteiger partial charge in [0.25, 0.3) is 5.91 Å². The van der Waals surface area contributed by atoms with Crippen LogP contribution in [0.2, 0.25) is 0 Å². The maximum absolute atomic E-state index is 17.0. The Balaban J connectivity index is 1.38. The van der Waals surface area contributed by atoms with Crippen LogP contribution in [0.25, 0.3) is 32.8 Å². The zero-order chi connectivity index (χ0) is 34.4. The summed E-state index contributed by atoms with van der Waals surface area (Å²) in [6.45, 7) is 5.51. The number of piperazine rings is 1. The average molecular weight is 667 g/mol. The molecule has 0 bridgehead atoms. The summed E-state index contributed by atoms with van der Waals surface area (Å²) >= 11 is 0. The average Bonchev–Trinajstić information content (AvgIpc) is 3.67. The standard InChI is InChI=1S/C37H33F3N6O3/c1-3-23-7-4-8-24-17-26(47)18-27(30(23)24)31-29(39)19-28-33(32(31)40)42-36(49-21-37-10-5-13-45(37)14-6-11-37)43-34(28)44-15-16-46(35(48)22(2)38)25(20-44)9-12-41/h1,4,7-8,17-19,25,47H,2,5-6,9-11,13-16,20-21H2/t25-/m0/s1. The molecule has 0 aliphatic carbocycles. The Morgan fingerprint density at radius 1 is 1.14 bits per heavy atom. The van der Waals surface area contributed by atoms with Gasteiger partial charge in [0.05, 0.1) is 29.6 Å². The minimum absolute atomic E-state index is 0.0150. The number of phenolic OH excluding ortho intramolecular Hbond substituents is 1. The van der Waals surface area contributed by atoms with Crippen molar-refractivity contribution >= 4 is 33.4 Å². The highest BCUT2D eigenvalue weighted by molar-refractivity contribution is 6.04. The van der Waals surface area contributed by atoms with E-state index in [-0.39, 0.29) is 72.2 Å². The summed E-state index contributed by atoms with van der Waals surface area (Å²) in [5.74, 6) is -1.48. The largest absolute Gasteiger partial charge is 0.508 e. The lowest BCUT2D eigenvalue weighted by atomic mass is 9.93. The molecule has 250 valence electrons. The fraction of sp³-hybridized carbons (Fsp3) is 0.351. The number of benzene rings is 3. The van der Waals surface area contributed by atoms with Crippen LogP contribution in [0.15, 0.2) is 48.8 Å². The molecule has 1 atom stereocenters. The molecular formula is C37H33F3N6O3. The second-order valence-electron chi connectivity index (χ2n) is 12.9. The van der Waals surface area contributed by atoms with Crippen molar-refractivity contribution in [3.8, 4) is 41.3 Å². The number of carbonyl (C=O) groups is 1. The maximum Gasteiger partial charge on any atom is 0.319 e. The van der Waals surface area contributed by atoms with Gasteiger partial charge in [-0.15, -0.1) is 6.42 Å². The minimum atomic E-state index is -1.14. The number of ether oxygens (including phenoxy) is 1. The van der Waals surface area contributed by atoms with Crippen LogP contribution < -0.4 is 9.64 Å². The van der Waals surface area contributed by atoms with Gasteiger partial charge in [0.15, 0.2) is 11.6 Å². The molecule has 1 N–H and O–H groups in total. The van der Waals surface area contributed by atoms with E-state index in [2.05, 4.69) is 27.4 Å². The number of anilines is 1. The van der Waals surface area contributed by atoms with Gasteiger partial charge in [-0.3, -0.25) is 9.69 Å². The van der Waals surface area contributed by atoms with Crippen LogP contribution in [0.5, 0.6) is 11.8 Å². The first-order valence-electron chi connectivity index (χ1n) is 16.2. The van der Waals surface area contributed by atoms with Gasteiger partial charge >= 0.3 is 6.01 Å². The highest BCUT2D eigenvalue weighted by atomic mass is 19.1. The normalized spacial score (nSPS) is 18.8. The number of hydrogen-bond acceptors (Lipinski definition) is 8. The van der Waals surface area contributed by atoms with Gasteiger partial charge in [0.1, 0.15) is 29.5 Å². The van der Waals surface area contributed by atoms with E-state index in [0.717, 1.165) is 44.8 Å². The fourth-order valence-corrected chi connectivity index (χ4v) is 7.85. The van der Waals surface area contributed by atoms with Crippen molar-refractivity contribution in [2.45, 2.75) is 43.7 Å². The number of hydrogen-bond donors (Lipinski definition) is 1. The molecule has 3 aromatic carbocycles. The first-order valence-corrected chi connectivity index (χ1v) is 16.2. The first-order chi connectivity index (χ1) is 23.6. The van der Waals surface area contributed by atoms with E-state index < -0.39 is 35.0 Å². The van der Waals surface area contributed by atoms with Crippen LogP contribution in [0, 0.1) is 35.3 Å². The van der Waals surface area contributed by atoms with Crippen molar-refractivity contribution in [1.82, 2.24) is 19.8 Å². The van der Waals surface area contributed by atoms with Crippen LogP contribution in [0.4, 0.5) is 19.0 Å². The Hall–Kier alpha value is -5.33. The summed E-state index contributed by atoms with van der Waals surface area (Å²) < 4.78 is 53.4. The van der Waals surface area contributed by atoms with Gasteiger partial charge in [-0.1, -0.05) is 24.6 Å². The van der Waals surface area contributed by atoms with Crippen molar-refractivity contribution in [1.29, 1.82) is 5.26 Å². The second kappa shape index (κ2) is 12.6. The zero-order valence-electron chi connectivity index (χ0n) is 26.7. The lowest BCUT2D eigenvalue weighted by molar-refractivity contribution is -0.131. The molecule has 0 unspecified atom stereocenters. The molecule has 4 aromatic rings. The number of amides is 1. The fourth-order valence-electron chi connectivity index (χ4n) is 7.85. The predicted octanol–water partition coefficient (Wildman–Crippen LogP) is 5.84. The van der Waals surface area contributed by atoms with Crippen LogP contribution in [-0.4, -0.2) is 81.7 Å². The number of carbonyl (C=O) groups excluding carboxylic acids is 1. The molecular weight excluding hydrogens is 633 g/mol. The SMILES string of the molecule is C#Cc1cccc2cc(O)cc(-c3c(F)cc4c(N5CCN(C(=O)C(=C)F)[C@@H](CC#N)C5)nc(OCC56CCCN5CCC6)nc4c3F)c12. The number of rotatable bonds is 7. The summed E-state index contributed by atoms with van der Waals surface area (Å²) in [4.78, 5) is 27.1. The summed E-state index contributed by atoms with van der Waals surface area (Å²) in [5.41, 5.74) is -0.367. The topological polar surface area (TPSA) is 106 Å². The van der Waals surface area contributed by atoms with Crippen molar-refractivity contribution in [3.05, 3.63) is 66.0 Å². The van der Waals surface area contributed by atoms with Crippen molar-refractivity contribution in [3.63, 3.8) is 0 Å². The highest BCUT2D eigenvalue weighted by Crippen LogP contribution is 2.42. The molecule has 4 heterocycles. The zero-order valence-corrected chi connectivity index (χ0v) is 26.7. The minimum Gasteiger partial charge on any atom is -0.508 e. The molecule has 3 aliphatic rings. The smallest absolute Gasteiger partial charge is 0.319 e. The third kappa shape index (κ3) is 5.56. The number of phenols is 1. The van der Waals surface area contributed by atoms with Crippen LogP contribution in [0.3, 0.4) is 0 Å². The molecule has 7 rings (SSSR count). The van der Waals surface area contributed by atoms with E-state index in [4.69, 9.17) is 11.2 Å². The van der Waals surface area contributed by atoms with E-state index in [0.29, 0.717) is 16.3 Å². The summed E-state index contributed by atoms with van der Waals surface area (Å²) in [6.07, 6.45) is 9.63. The Labute approximate surface area is 281 Å². The number of aromatic hydroxyl groups is 1. The van der Waals surface area contributed by atoms with Gasteiger partial charge in [-0.2, -0.15) is 15.2 Å². The molecule has 1 aromatic heterocycles. The van der Waals surface area contributed by atoms with Gasteiger partial charge in [-0.05, 0) is 68.4 Å². The molecule has 0 saturated carbocycles. The van der Waals surface area contributed by atoms with Gasteiger partial charge < -0.3 is 19.6 Å². The van der Waals surface area contributed by atoms with Gasteiger partial charge in [-0.25, -0.2) is 13.2 Å². The molecule has 0 spiro atoms. The Kier molecular flexibility index (Phi) is 8.29. The van der Waals surface area contributed by atoms with E-state index in [1.807, 2.05) is 6.07 Å². The van der Waals surface area contributed by atoms with Crippen molar-refractivity contribution in [2.75, 3.05) is 44.2 Å². The van der Waals surface area contributed by atoms with Crippen LogP contribution in [-0.2, 0) is 4.79 Å². The van der Waals surface area contributed by atoms with E-state index in [9.17, 15) is 19.6 Å². The maximum atomic E-state index is 17.0. The number of aromatic nitrogens is 2. The van der Waals surface area contributed by atoms with Crippen LogP contribution >= 0.6 is 0 Å². The first kappa shape index (κ1) is 32.2. The molecule has 3 aliphatic heterocycles. The quantitative estimate of drug-likeness (QED) is 0.194. The number of nitrogens with zero attached hydrogens (tertiary/aromatic N) is 6. The Morgan fingerprint density at radius 3 is 2.63 bits per heavy atom. The molecule has 3 saturated heterocycles. The van der Waals surface area contributed by atoms with Crippen LogP contribution in [0.1, 0.15) is 37.7 Å². The summed E-state index contributed by atoms with van der Waals surface area (Å²) in [5, 5.41) is 21.0. The monoisotopic (exact) mass is 666 g/mol. The second-order valence-corrected chi connectivity index (χ2v) is 12.9. The van der Waals surface area contributed by atoms with Gasteiger partial charge in [0, 0.05) is 41.5 Å². The molecule has 12 heteroatoms. The Bertz CT molecular complexity index is 2100. The third-order valence-electron chi connectivity index (χ3n) is 10.1. The molecule has 49 heavy (non-hydrogen) atoms. The number of halogens is 3. The molecule has 1 amide bonds. The van der Waals surface area contributed by atoms with Crippen molar-refractivity contribution < 1.29 is 27.8 Å².